The number of fused-ring (bicyclic) bond motifs is 1. The van der Waals surface area contributed by atoms with Crippen LogP contribution in [0.25, 0.3) is 0 Å². The number of amides is 1. The Labute approximate surface area is 154 Å². The lowest BCUT2D eigenvalue weighted by atomic mass is 10.0. The Kier molecular flexibility index (Phi) is 4.39. The van der Waals surface area contributed by atoms with E-state index in [1.54, 1.807) is 11.0 Å². The second kappa shape index (κ2) is 6.86. The normalized spacial score (nSPS) is 18.4. The zero-order valence-electron chi connectivity index (χ0n) is 14.4. The zero-order valence-corrected chi connectivity index (χ0v) is 14.4. The molecule has 1 fully saturated rings. The van der Waals surface area contributed by atoms with Crippen LogP contribution in [0.15, 0.2) is 36.4 Å². The molecule has 0 bridgehead atoms. The van der Waals surface area contributed by atoms with Crippen molar-refractivity contribution in [2.45, 2.75) is 18.9 Å². The van der Waals surface area contributed by atoms with Crippen molar-refractivity contribution in [3.05, 3.63) is 63.5 Å². The van der Waals surface area contributed by atoms with Gasteiger partial charge in [0.25, 0.3) is 11.6 Å². The molecule has 0 unspecified atom stereocenters. The number of rotatable bonds is 3. The maximum atomic E-state index is 13.6. The van der Waals surface area contributed by atoms with Crippen molar-refractivity contribution in [1.82, 2.24) is 4.90 Å². The van der Waals surface area contributed by atoms with Gasteiger partial charge in [0.2, 0.25) is 0 Å². The lowest BCUT2D eigenvalue weighted by molar-refractivity contribution is -0.385. The number of halogens is 1. The topological polar surface area (TPSA) is 81.9 Å². The van der Waals surface area contributed by atoms with E-state index in [1.807, 2.05) is 12.1 Å². The van der Waals surface area contributed by atoms with E-state index in [-0.39, 0.29) is 11.6 Å². The Morgan fingerprint density at radius 1 is 1.15 bits per heavy atom. The SMILES string of the molecule is O=C(c1cc(F)ccc1[N+](=O)[O-])N1CCC[C@H]1c1ccc2c(c1)OCCO2. The minimum Gasteiger partial charge on any atom is -0.486 e. The van der Waals surface area contributed by atoms with E-state index in [0.29, 0.717) is 37.7 Å². The molecule has 2 aliphatic rings. The number of benzene rings is 2. The fraction of sp³-hybridized carbons (Fsp3) is 0.316. The molecule has 2 aromatic carbocycles. The number of carbonyl (C=O) groups excluding carboxylic acids is 1. The fourth-order valence-corrected chi connectivity index (χ4v) is 3.62. The molecule has 2 aromatic rings. The quantitative estimate of drug-likeness (QED) is 0.609. The third-order valence-electron chi connectivity index (χ3n) is 4.85. The Hall–Kier alpha value is -3.16. The molecule has 0 aromatic heterocycles. The largest absolute Gasteiger partial charge is 0.486 e. The predicted molar refractivity (Wildman–Crippen MR) is 93.5 cm³/mol. The minimum atomic E-state index is -0.681. The number of ether oxygens (including phenoxy) is 2. The van der Waals surface area contributed by atoms with Crippen molar-refractivity contribution in [2.75, 3.05) is 19.8 Å². The summed E-state index contributed by atoms with van der Waals surface area (Å²) in [6.45, 7) is 1.40. The minimum absolute atomic E-state index is 0.232. The maximum Gasteiger partial charge on any atom is 0.282 e. The highest BCUT2D eigenvalue weighted by Gasteiger charge is 2.34. The highest BCUT2D eigenvalue weighted by molar-refractivity contribution is 5.98. The van der Waals surface area contributed by atoms with Gasteiger partial charge in [-0.05, 0) is 42.7 Å². The van der Waals surface area contributed by atoms with Crippen molar-refractivity contribution in [3.8, 4) is 11.5 Å². The van der Waals surface area contributed by atoms with Gasteiger partial charge in [-0.15, -0.1) is 0 Å². The van der Waals surface area contributed by atoms with Gasteiger partial charge in [0, 0.05) is 12.6 Å². The number of hydrogen-bond donors (Lipinski definition) is 0. The van der Waals surface area contributed by atoms with Gasteiger partial charge in [-0.3, -0.25) is 14.9 Å². The molecule has 2 aliphatic heterocycles. The first-order chi connectivity index (χ1) is 13.0. The highest BCUT2D eigenvalue weighted by Crippen LogP contribution is 2.39. The molecular formula is C19H17FN2O5. The number of nitro groups is 1. The van der Waals surface area contributed by atoms with Crippen LogP contribution >= 0.6 is 0 Å². The summed E-state index contributed by atoms with van der Waals surface area (Å²) in [4.78, 5) is 25.1. The molecule has 140 valence electrons. The summed E-state index contributed by atoms with van der Waals surface area (Å²) in [5.41, 5.74) is 0.239. The van der Waals surface area contributed by atoms with Crippen molar-refractivity contribution in [3.63, 3.8) is 0 Å². The number of hydrogen-bond acceptors (Lipinski definition) is 5. The molecule has 7 nitrogen and oxygen atoms in total. The molecule has 27 heavy (non-hydrogen) atoms. The third kappa shape index (κ3) is 3.18. The fourth-order valence-electron chi connectivity index (χ4n) is 3.62. The van der Waals surface area contributed by atoms with E-state index in [9.17, 15) is 19.3 Å². The van der Waals surface area contributed by atoms with Crippen molar-refractivity contribution >= 4 is 11.6 Å². The standard InChI is InChI=1S/C19H17FN2O5/c20-13-4-5-16(22(24)25)14(11-13)19(23)21-7-1-2-15(21)12-3-6-17-18(10-12)27-9-8-26-17/h3-6,10-11,15H,1-2,7-9H2/t15-/m0/s1. The monoisotopic (exact) mass is 372 g/mol. The highest BCUT2D eigenvalue weighted by atomic mass is 19.1. The molecule has 8 heteroatoms. The summed E-state index contributed by atoms with van der Waals surface area (Å²) in [6.07, 6.45) is 1.47. The molecule has 1 amide bonds. The maximum absolute atomic E-state index is 13.6. The van der Waals surface area contributed by atoms with Crippen molar-refractivity contribution < 1.29 is 23.6 Å². The molecule has 4 rings (SSSR count). The van der Waals surface area contributed by atoms with Crippen LogP contribution in [-0.4, -0.2) is 35.5 Å². The summed E-state index contributed by atoms with van der Waals surface area (Å²) < 4.78 is 24.8. The van der Waals surface area contributed by atoms with Gasteiger partial charge in [0.05, 0.1) is 11.0 Å². The van der Waals surface area contributed by atoms with Crippen molar-refractivity contribution in [2.24, 2.45) is 0 Å². The smallest absolute Gasteiger partial charge is 0.282 e. The Morgan fingerprint density at radius 3 is 2.70 bits per heavy atom. The van der Waals surface area contributed by atoms with E-state index in [4.69, 9.17) is 9.47 Å². The second-order valence-corrected chi connectivity index (χ2v) is 6.48. The van der Waals surface area contributed by atoms with Crippen LogP contribution in [-0.2, 0) is 0 Å². The first-order valence-corrected chi connectivity index (χ1v) is 8.69. The molecule has 2 heterocycles. The van der Waals surface area contributed by atoms with Gasteiger partial charge in [0.1, 0.15) is 24.6 Å². The van der Waals surface area contributed by atoms with Crippen LogP contribution in [0.2, 0.25) is 0 Å². The number of nitro benzene ring substituents is 1. The van der Waals surface area contributed by atoms with Gasteiger partial charge in [-0.2, -0.15) is 0 Å². The molecule has 1 saturated heterocycles. The van der Waals surface area contributed by atoms with Crippen LogP contribution in [0.5, 0.6) is 11.5 Å². The molecule has 0 N–H and O–H groups in total. The summed E-state index contributed by atoms with van der Waals surface area (Å²) in [5, 5.41) is 11.2. The first-order valence-electron chi connectivity index (χ1n) is 8.69. The number of nitrogens with zero attached hydrogens (tertiary/aromatic N) is 2. The van der Waals surface area contributed by atoms with E-state index in [0.717, 1.165) is 30.2 Å². The molecule has 0 aliphatic carbocycles. The summed E-state index contributed by atoms with van der Waals surface area (Å²) in [5.74, 6) is 0.0500. The van der Waals surface area contributed by atoms with E-state index < -0.39 is 22.3 Å². The number of likely N-dealkylation sites (tertiary alicyclic amines) is 1. The Balaban J connectivity index is 1.67. The van der Waals surface area contributed by atoms with Crippen LogP contribution in [0.4, 0.5) is 10.1 Å². The van der Waals surface area contributed by atoms with Crippen LogP contribution in [0, 0.1) is 15.9 Å². The van der Waals surface area contributed by atoms with Crippen molar-refractivity contribution in [1.29, 1.82) is 0 Å². The van der Waals surface area contributed by atoms with Crippen LogP contribution < -0.4 is 9.47 Å². The average Bonchev–Trinajstić information content (AvgIpc) is 3.16. The Morgan fingerprint density at radius 2 is 1.93 bits per heavy atom. The molecular weight excluding hydrogens is 355 g/mol. The zero-order chi connectivity index (χ0) is 19.0. The van der Waals surface area contributed by atoms with E-state index in [1.165, 1.54) is 0 Å². The lowest BCUT2D eigenvalue weighted by Gasteiger charge is -2.26. The van der Waals surface area contributed by atoms with Gasteiger partial charge in [-0.1, -0.05) is 6.07 Å². The number of carbonyl (C=O) groups is 1. The van der Waals surface area contributed by atoms with Gasteiger partial charge in [0.15, 0.2) is 11.5 Å². The summed E-state index contributed by atoms with van der Waals surface area (Å²) >= 11 is 0. The summed E-state index contributed by atoms with van der Waals surface area (Å²) in [6, 6.07) is 8.19. The lowest BCUT2D eigenvalue weighted by Crippen LogP contribution is -2.31. The second-order valence-electron chi connectivity index (χ2n) is 6.48. The molecule has 0 saturated carbocycles. The van der Waals surface area contributed by atoms with Gasteiger partial charge < -0.3 is 14.4 Å². The Bertz CT molecular complexity index is 917. The van der Waals surface area contributed by atoms with Gasteiger partial charge in [-0.25, -0.2) is 4.39 Å². The van der Waals surface area contributed by atoms with Crippen LogP contribution in [0.1, 0.15) is 34.8 Å². The molecule has 0 spiro atoms. The third-order valence-corrected chi connectivity index (χ3v) is 4.85. The average molecular weight is 372 g/mol. The van der Waals surface area contributed by atoms with Gasteiger partial charge >= 0.3 is 0 Å². The first kappa shape index (κ1) is 17.3. The predicted octanol–water partition coefficient (Wildman–Crippen LogP) is 3.48. The van der Waals surface area contributed by atoms with Crippen LogP contribution in [0.3, 0.4) is 0 Å². The molecule has 1 atom stereocenters. The van der Waals surface area contributed by atoms with E-state index >= 15 is 0 Å². The molecule has 0 radical (unpaired) electrons. The van der Waals surface area contributed by atoms with E-state index in [2.05, 4.69) is 0 Å². The summed E-state index contributed by atoms with van der Waals surface area (Å²) in [7, 11) is 0.